The molecule has 3 N–H and O–H groups in total. The topological polar surface area (TPSA) is 38.0 Å². The number of hydrogen-bond acceptors (Lipinski definition) is 2. The number of benzene rings is 1. The fourth-order valence-corrected chi connectivity index (χ4v) is 2.62. The Hall–Kier alpha value is -1.25. The quantitative estimate of drug-likeness (QED) is 0.605. The Bertz CT molecular complexity index is 358. The van der Waals surface area contributed by atoms with Gasteiger partial charge in [-0.15, -0.1) is 0 Å². The van der Waals surface area contributed by atoms with Crippen LogP contribution in [-0.4, -0.2) is 6.04 Å². The monoisotopic (exact) mass is 236 g/mol. The molecular formula is C14H21FN2. The summed E-state index contributed by atoms with van der Waals surface area (Å²) >= 11 is 0. The van der Waals surface area contributed by atoms with Crippen LogP contribution in [0.4, 0.5) is 15.8 Å². The summed E-state index contributed by atoms with van der Waals surface area (Å²) in [6, 6.07) is 5.12. The first-order chi connectivity index (χ1) is 8.15. The number of halogens is 1. The van der Waals surface area contributed by atoms with Crippen molar-refractivity contribution in [3.8, 4) is 0 Å². The molecule has 1 aromatic carbocycles. The minimum Gasteiger partial charge on any atom is -0.399 e. The van der Waals surface area contributed by atoms with Gasteiger partial charge in [-0.2, -0.15) is 0 Å². The van der Waals surface area contributed by atoms with E-state index in [4.69, 9.17) is 5.73 Å². The summed E-state index contributed by atoms with van der Waals surface area (Å²) in [6.45, 7) is 2.27. The van der Waals surface area contributed by atoms with Gasteiger partial charge in [-0.3, -0.25) is 0 Å². The van der Waals surface area contributed by atoms with Crippen LogP contribution in [0.2, 0.25) is 0 Å². The summed E-state index contributed by atoms with van der Waals surface area (Å²) in [7, 11) is 0. The van der Waals surface area contributed by atoms with Crippen LogP contribution in [0.1, 0.15) is 39.0 Å². The summed E-state index contributed by atoms with van der Waals surface area (Å²) in [5.74, 6) is 0.371. The third-order valence-corrected chi connectivity index (χ3v) is 3.63. The van der Waals surface area contributed by atoms with Gasteiger partial charge in [0, 0.05) is 17.4 Å². The molecule has 1 aliphatic rings. The molecule has 0 aliphatic heterocycles. The third kappa shape index (κ3) is 3.35. The van der Waals surface area contributed by atoms with E-state index in [2.05, 4.69) is 12.2 Å². The molecule has 1 fully saturated rings. The molecule has 2 unspecified atom stereocenters. The predicted octanol–water partition coefficient (Wildman–Crippen LogP) is 3.79. The van der Waals surface area contributed by atoms with Crippen LogP contribution in [0.25, 0.3) is 0 Å². The maximum atomic E-state index is 13.2. The van der Waals surface area contributed by atoms with Crippen molar-refractivity contribution in [1.29, 1.82) is 0 Å². The van der Waals surface area contributed by atoms with Crippen LogP contribution in [0.3, 0.4) is 0 Å². The summed E-state index contributed by atoms with van der Waals surface area (Å²) in [6.07, 6.45) is 6.30. The van der Waals surface area contributed by atoms with Gasteiger partial charge < -0.3 is 11.1 Å². The van der Waals surface area contributed by atoms with Crippen molar-refractivity contribution >= 4 is 11.4 Å². The fourth-order valence-electron chi connectivity index (χ4n) is 2.62. The first-order valence-corrected chi connectivity index (χ1v) is 6.48. The van der Waals surface area contributed by atoms with Gasteiger partial charge >= 0.3 is 0 Å². The number of anilines is 2. The molecule has 94 valence electrons. The maximum Gasteiger partial charge on any atom is 0.127 e. The second kappa shape index (κ2) is 5.39. The zero-order chi connectivity index (χ0) is 12.3. The van der Waals surface area contributed by atoms with Crippen LogP contribution < -0.4 is 11.1 Å². The molecule has 2 nitrogen and oxygen atoms in total. The maximum absolute atomic E-state index is 13.2. The lowest BCUT2D eigenvalue weighted by atomic mass is 9.96. The van der Waals surface area contributed by atoms with Gasteiger partial charge in [-0.1, -0.05) is 26.2 Å². The first-order valence-electron chi connectivity index (χ1n) is 6.48. The summed E-state index contributed by atoms with van der Waals surface area (Å²) < 4.78 is 13.2. The molecule has 0 aromatic heterocycles. The number of nitrogen functional groups attached to an aromatic ring is 1. The zero-order valence-electron chi connectivity index (χ0n) is 10.4. The first kappa shape index (κ1) is 12.2. The van der Waals surface area contributed by atoms with Gasteiger partial charge in [0.1, 0.15) is 5.82 Å². The molecule has 0 saturated heterocycles. The number of nitrogens with two attached hydrogens (primary N) is 1. The van der Waals surface area contributed by atoms with Crippen LogP contribution in [-0.2, 0) is 0 Å². The largest absolute Gasteiger partial charge is 0.399 e. The zero-order valence-corrected chi connectivity index (χ0v) is 10.4. The second-order valence-electron chi connectivity index (χ2n) is 5.14. The second-order valence-corrected chi connectivity index (χ2v) is 5.14. The summed E-state index contributed by atoms with van der Waals surface area (Å²) in [4.78, 5) is 0. The highest BCUT2D eigenvalue weighted by molar-refractivity contribution is 5.55. The van der Waals surface area contributed by atoms with E-state index in [0.717, 1.165) is 12.1 Å². The Kier molecular flexibility index (Phi) is 3.87. The molecule has 17 heavy (non-hydrogen) atoms. The highest BCUT2D eigenvalue weighted by Gasteiger charge is 2.19. The van der Waals surface area contributed by atoms with E-state index in [1.54, 1.807) is 6.07 Å². The number of nitrogens with one attached hydrogen (secondary N) is 1. The molecule has 0 spiro atoms. The van der Waals surface area contributed by atoms with E-state index < -0.39 is 0 Å². The molecule has 0 amide bonds. The highest BCUT2D eigenvalue weighted by Crippen LogP contribution is 2.26. The van der Waals surface area contributed by atoms with Crippen LogP contribution in [0.15, 0.2) is 18.2 Å². The lowest BCUT2D eigenvalue weighted by molar-refractivity contribution is 0.456. The molecule has 2 atom stereocenters. The van der Waals surface area contributed by atoms with Crippen molar-refractivity contribution in [2.75, 3.05) is 11.1 Å². The lowest BCUT2D eigenvalue weighted by Gasteiger charge is -2.24. The lowest BCUT2D eigenvalue weighted by Crippen LogP contribution is -2.26. The minimum atomic E-state index is -0.270. The van der Waals surface area contributed by atoms with Crippen molar-refractivity contribution in [2.24, 2.45) is 5.92 Å². The minimum absolute atomic E-state index is 0.270. The SMILES string of the molecule is CC1CCCCCC1Nc1cc(N)cc(F)c1. The van der Waals surface area contributed by atoms with Gasteiger partial charge in [0.25, 0.3) is 0 Å². The van der Waals surface area contributed by atoms with Gasteiger partial charge in [-0.05, 0) is 37.0 Å². The van der Waals surface area contributed by atoms with Crippen LogP contribution in [0.5, 0.6) is 0 Å². The molecule has 1 aliphatic carbocycles. The average Bonchev–Trinajstić information content (AvgIpc) is 2.43. The smallest absolute Gasteiger partial charge is 0.127 e. The van der Waals surface area contributed by atoms with Crippen molar-refractivity contribution in [1.82, 2.24) is 0 Å². The highest BCUT2D eigenvalue weighted by atomic mass is 19.1. The Morgan fingerprint density at radius 3 is 2.71 bits per heavy atom. The van der Waals surface area contributed by atoms with E-state index in [0.29, 0.717) is 17.6 Å². The Morgan fingerprint density at radius 2 is 1.94 bits per heavy atom. The van der Waals surface area contributed by atoms with Crippen molar-refractivity contribution in [3.63, 3.8) is 0 Å². The number of hydrogen-bond donors (Lipinski definition) is 2. The van der Waals surface area contributed by atoms with Gasteiger partial charge in [0.05, 0.1) is 0 Å². The molecule has 1 saturated carbocycles. The molecule has 0 bridgehead atoms. The standard InChI is InChI=1S/C14H21FN2/c1-10-5-3-2-4-6-14(10)17-13-8-11(15)7-12(16)9-13/h7-10,14,17H,2-6,16H2,1H3. The Morgan fingerprint density at radius 1 is 1.18 bits per heavy atom. The van der Waals surface area contributed by atoms with E-state index in [1.165, 1.54) is 37.8 Å². The summed E-state index contributed by atoms with van der Waals surface area (Å²) in [5, 5.41) is 3.43. The van der Waals surface area contributed by atoms with E-state index in [1.807, 2.05) is 0 Å². The van der Waals surface area contributed by atoms with Crippen LogP contribution >= 0.6 is 0 Å². The van der Waals surface area contributed by atoms with Crippen LogP contribution in [0, 0.1) is 11.7 Å². The van der Waals surface area contributed by atoms with Gasteiger partial charge in [0.15, 0.2) is 0 Å². The molecule has 0 heterocycles. The van der Waals surface area contributed by atoms with Crippen molar-refractivity contribution < 1.29 is 4.39 Å². The molecular weight excluding hydrogens is 215 g/mol. The van der Waals surface area contributed by atoms with Gasteiger partial charge in [0.2, 0.25) is 0 Å². The van der Waals surface area contributed by atoms with E-state index in [9.17, 15) is 4.39 Å². The van der Waals surface area contributed by atoms with Gasteiger partial charge in [-0.25, -0.2) is 4.39 Å². The summed E-state index contributed by atoms with van der Waals surface area (Å²) in [5.41, 5.74) is 6.94. The Labute approximate surface area is 102 Å². The van der Waals surface area contributed by atoms with Crippen molar-refractivity contribution in [2.45, 2.75) is 45.1 Å². The normalized spacial score (nSPS) is 25.3. The Balaban J connectivity index is 2.07. The molecule has 0 radical (unpaired) electrons. The number of rotatable bonds is 2. The van der Waals surface area contributed by atoms with E-state index in [-0.39, 0.29) is 5.82 Å². The average molecular weight is 236 g/mol. The molecule has 3 heteroatoms. The van der Waals surface area contributed by atoms with E-state index >= 15 is 0 Å². The molecule has 1 aromatic rings. The fraction of sp³-hybridized carbons (Fsp3) is 0.571. The van der Waals surface area contributed by atoms with Crippen molar-refractivity contribution in [3.05, 3.63) is 24.0 Å². The predicted molar refractivity (Wildman–Crippen MR) is 70.5 cm³/mol. The third-order valence-electron chi connectivity index (χ3n) is 3.63. The molecule has 2 rings (SSSR count).